The molecule has 2 fully saturated rings. The number of carbonyl (C=O) groups excluding carboxylic acids is 1. The Morgan fingerprint density at radius 2 is 1.00 bits per heavy atom. The van der Waals surface area contributed by atoms with Crippen molar-refractivity contribution in [1.82, 2.24) is 0 Å². The Kier molecular flexibility index (Phi) is 8.95. The van der Waals surface area contributed by atoms with Gasteiger partial charge >= 0.3 is 0 Å². The topological polar surface area (TPSA) is 44.4 Å². The van der Waals surface area contributed by atoms with Gasteiger partial charge in [-0.05, 0) is 112 Å². The molecule has 5 nitrogen and oxygen atoms in total. The van der Waals surface area contributed by atoms with Crippen LogP contribution in [0.3, 0.4) is 0 Å². The van der Waals surface area contributed by atoms with Gasteiger partial charge in [-0.15, -0.1) is 0 Å². The van der Waals surface area contributed by atoms with Gasteiger partial charge in [0.25, 0.3) is 0 Å². The van der Waals surface area contributed by atoms with E-state index in [-0.39, 0.29) is 5.78 Å². The van der Waals surface area contributed by atoms with E-state index >= 15 is 0 Å². The molecule has 0 amide bonds. The summed E-state index contributed by atoms with van der Waals surface area (Å²) in [6.45, 7) is 9.27. The number of benzene rings is 2. The smallest absolute Gasteiger partial charge is 0.194 e. The molecule has 0 saturated carbocycles. The van der Waals surface area contributed by atoms with Crippen molar-refractivity contribution in [1.29, 1.82) is 0 Å². The second-order valence-corrected chi connectivity index (χ2v) is 11.0. The van der Waals surface area contributed by atoms with Gasteiger partial charge in [0, 0.05) is 11.1 Å². The quantitative estimate of drug-likeness (QED) is 0.381. The lowest BCUT2D eigenvalue weighted by Gasteiger charge is -2.23. The lowest BCUT2D eigenvalue weighted by molar-refractivity contribution is -0.905. The molecule has 1 aliphatic carbocycles. The number of ketones is 1. The summed E-state index contributed by atoms with van der Waals surface area (Å²) in [7, 11) is 0. The van der Waals surface area contributed by atoms with E-state index in [1.165, 1.54) is 90.6 Å². The third-order valence-corrected chi connectivity index (χ3v) is 8.27. The lowest BCUT2D eigenvalue weighted by Crippen LogP contribution is -3.12. The first kappa shape index (κ1) is 25.3. The Balaban J connectivity index is 1.07. The van der Waals surface area contributed by atoms with Gasteiger partial charge in [0.1, 0.15) is 11.5 Å². The molecule has 2 aliphatic heterocycles. The number of nitrogens with one attached hydrogen (secondary N) is 2. The highest BCUT2D eigenvalue weighted by Crippen LogP contribution is 2.39. The van der Waals surface area contributed by atoms with Crippen LogP contribution in [0.25, 0.3) is 11.1 Å². The highest BCUT2D eigenvalue weighted by Gasteiger charge is 2.27. The SMILES string of the molecule is O=C1c2cc(OCCCC[NH+]3CCCCC3)ccc2-c2ccc(OCCCC[NH+]3CCCCC3)cc21. The number of carbonyl (C=O) groups is 1. The van der Waals surface area contributed by atoms with Crippen LogP contribution in [-0.2, 0) is 0 Å². The summed E-state index contributed by atoms with van der Waals surface area (Å²) in [6.07, 6.45) is 12.9. The van der Waals surface area contributed by atoms with Gasteiger partial charge in [-0.1, -0.05) is 0 Å². The van der Waals surface area contributed by atoms with E-state index < -0.39 is 0 Å². The fourth-order valence-corrected chi connectivity index (χ4v) is 6.15. The first-order chi connectivity index (χ1) is 17.8. The number of hydrogen-bond acceptors (Lipinski definition) is 3. The Morgan fingerprint density at radius 3 is 1.44 bits per heavy atom. The Labute approximate surface area is 216 Å². The molecular weight excluding hydrogens is 448 g/mol. The first-order valence-corrected chi connectivity index (χ1v) is 14.5. The van der Waals surface area contributed by atoms with Crippen LogP contribution in [0.15, 0.2) is 36.4 Å². The summed E-state index contributed by atoms with van der Waals surface area (Å²) in [6, 6.07) is 11.9. The van der Waals surface area contributed by atoms with Gasteiger partial charge in [0.15, 0.2) is 5.78 Å². The van der Waals surface area contributed by atoms with Crippen LogP contribution >= 0.6 is 0 Å². The summed E-state index contributed by atoms with van der Waals surface area (Å²) < 4.78 is 12.0. The zero-order valence-corrected chi connectivity index (χ0v) is 21.9. The maximum Gasteiger partial charge on any atom is 0.194 e. The summed E-state index contributed by atoms with van der Waals surface area (Å²) in [5, 5.41) is 0. The Hall–Kier alpha value is -2.37. The van der Waals surface area contributed by atoms with Crippen LogP contribution in [-0.4, -0.2) is 58.3 Å². The van der Waals surface area contributed by atoms with Crippen LogP contribution in [0.1, 0.15) is 80.1 Å². The molecule has 36 heavy (non-hydrogen) atoms. The molecule has 0 bridgehead atoms. The Bertz CT molecular complexity index is 929. The normalized spacial score (nSPS) is 18.2. The highest BCUT2D eigenvalue weighted by molar-refractivity contribution is 6.22. The second kappa shape index (κ2) is 12.7. The molecule has 5 rings (SSSR count). The van der Waals surface area contributed by atoms with Gasteiger partial charge in [-0.25, -0.2) is 0 Å². The first-order valence-electron chi connectivity index (χ1n) is 14.5. The van der Waals surface area contributed by atoms with Gasteiger partial charge in [-0.3, -0.25) is 4.79 Å². The van der Waals surface area contributed by atoms with Crippen LogP contribution in [0.2, 0.25) is 0 Å². The Morgan fingerprint density at radius 1 is 0.556 bits per heavy atom. The summed E-state index contributed by atoms with van der Waals surface area (Å²) in [4.78, 5) is 16.7. The molecule has 5 heteroatoms. The van der Waals surface area contributed by atoms with Gasteiger partial charge in [-0.2, -0.15) is 0 Å². The molecular formula is C31H44N2O3+2. The fraction of sp³-hybridized carbons (Fsp3) is 0.581. The van der Waals surface area contributed by atoms with Gasteiger partial charge < -0.3 is 19.3 Å². The van der Waals surface area contributed by atoms with E-state index in [4.69, 9.17) is 9.47 Å². The van der Waals surface area contributed by atoms with Crippen molar-refractivity contribution < 1.29 is 24.1 Å². The number of likely N-dealkylation sites (tertiary alicyclic amines) is 2. The molecule has 0 radical (unpaired) electrons. The van der Waals surface area contributed by atoms with Crippen LogP contribution in [0.4, 0.5) is 0 Å². The summed E-state index contributed by atoms with van der Waals surface area (Å²) in [5.41, 5.74) is 3.52. The fourth-order valence-electron chi connectivity index (χ4n) is 6.15. The lowest BCUT2D eigenvalue weighted by atomic mass is 10.1. The minimum atomic E-state index is 0.0818. The molecule has 0 atom stereocenters. The van der Waals surface area contributed by atoms with E-state index in [0.717, 1.165) is 46.6 Å². The van der Waals surface area contributed by atoms with Crippen LogP contribution < -0.4 is 19.3 Å². The van der Waals surface area contributed by atoms with Crippen LogP contribution in [0, 0.1) is 0 Å². The summed E-state index contributed by atoms with van der Waals surface area (Å²) >= 11 is 0. The van der Waals surface area contributed by atoms with Crippen LogP contribution in [0.5, 0.6) is 11.5 Å². The molecule has 0 aromatic heterocycles. The van der Waals surface area contributed by atoms with Crippen molar-refractivity contribution in [3.05, 3.63) is 47.5 Å². The minimum absolute atomic E-state index is 0.0818. The maximum atomic E-state index is 13.2. The molecule has 194 valence electrons. The molecule has 0 unspecified atom stereocenters. The van der Waals surface area contributed by atoms with Gasteiger partial charge in [0.2, 0.25) is 0 Å². The molecule has 0 spiro atoms. The number of rotatable bonds is 12. The van der Waals surface area contributed by atoms with E-state index in [1.807, 2.05) is 36.4 Å². The third kappa shape index (κ3) is 6.49. The molecule has 2 heterocycles. The monoisotopic (exact) mass is 492 g/mol. The predicted octanol–water partition coefficient (Wildman–Crippen LogP) is 3.35. The largest absolute Gasteiger partial charge is 0.494 e. The van der Waals surface area contributed by atoms with Crippen molar-refractivity contribution in [2.45, 2.75) is 64.2 Å². The van der Waals surface area contributed by atoms with Crippen molar-refractivity contribution in [3.8, 4) is 22.6 Å². The van der Waals surface area contributed by atoms with E-state index in [9.17, 15) is 4.79 Å². The van der Waals surface area contributed by atoms with E-state index in [0.29, 0.717) is 13.2 Å². The zero-order valence-electron chi connectivity index (χ0n) is 21.9. The molecule has 3 aliphatic rings. The molecule has 2 aromatic carbocycles. The summed E-state index contributed by atoms with van der Waals surface area (Å²) in [5.74, 6) is 1.68. The number of quaternary nitrogens is 2. The number of ether oxygens (including phenoxy) is 2. The third-order valence-electron chi connectivity index (χ3n) is 8.27. The van der Waals surface area contributed by atoms with E-state index in [2.05, 4.69) is 0 Å². The second-order valence-electron chi connectivity index (χ2n) is 11.0. The van der Waals surface area contributed by atoms with Crippen molar-refractivity contribution in [2.24, 2.45) is 0 Å². The zero-order chi connectivity index (χ0) is 24.6. The number of piperidine rings is 2. The minimum Gasteiger partial charge on any atom is -0.494 e. The number of unbranched alkanes of at least 4 members (excludes halogenated alkanes) is 2. The average molecular weight is 493 g/mol. The molecule has 2 aromatic rings. The number of hydrogen-bond donors (Lipinski definition) is 2. The van der Waals surface area contributed by atoms with Crippen molar-refractivity contribution >= 4 is 5.78 Å². The predicted molar refractivity (Wildman–Crippen MR) is 144 cm³/mol. The molecule has 2 saturated heterocycles. The van der Waals surface area contributed by atoms with E-state index in [1.54, 1.807) is 9.80 Å². The number of fused-ring (bicyclic) bond motifs is 3. The van der Waals surface area contributed by atoms with Crippen molar-refractivity contribution in [2.75, 3.05) is 52.5 Å². The van der Waals surface area contributed by atoms with Gasteiger partial charge in [0.05, 0.1) is 52.5 Å². The highest BCUT2D eigenvalue weighted by atomic mass is 16.5. The standard InChI is InChI=1S/C31H42N2O3/c34-31-29-23-25(35-21-9-7-19-32-15-3-1-4-16-32)11-13-27(29)28-14-12-26(24-30(28)31)36-22-10-8-20-33-17-5-2-6-18-33/h11-14,23-24H,1-10,15-22H2/p+2. The average Bonchev–Trinajstić information content (AvgIpc) is 3.20. The van der Waals surface area contributed by atoms with Crippen molar-refractivity contribution in [3.63, 3.8) is 0 Å². The maximum absolute atomic E-state index is 13.2. The molecule has 2 N–H and O–H groups in total.